The van der Waals surface area contributed by atoms with Gasteiger partial charge in [-0.15, -0.1) is 0 Å². The van der Waals surface area contributed by atoms with Crippen LogP contribution in [0.4, 0.5) is 34.9 Å². The fraction of sp³-hybridized carbons (Fsp3) is 0.182. The van der Waals surface area contributed by atoms with Crippen molar-refractivity contribution in [2.75, 3.05) is 19.5 Å². The first kappa shape index (κ1) is 23.7. The molecule has 13 heteroatoms. The SMILES string of the molecule is COc1ccc2c(-c3nc(Nc4cc([N+](=O)[O-])c(F)cc4OC)ncc3C(F)(F)F)cn(C)c2c1. The molecule has 1 N–H and O–H groups in total. The standard InChI is InChI=1S/C22H17F4N5O4/c1-30-10-13(12-5-4-11(34-2)6-17(12)30)20-14(22(24,25)26)9-27-21(29-20)28-16-8-18(31(32)33)15(23)7-19(16)35-3/h4-10H,1-3H3,(H,27,28,29). The monoisotopic (exact) mass is 491 g/mol. The molecule has 0 fully saturated rings. The van der Waals surface area contributed by atoms with Crippen molar-refractivity contribution in [2.45, 2.75) is 6.18 Å². The molecule has 2 heterocycles. The van der Waals surface area contributed by atoms with Gasteiger partial charge in [-0.1, -0.05) is 0 Å². The average Bonchev–Trinajstić information content (AvgIpc) is 3.14. The lowest BCUT2D eigenvalue weighted by Gasteiger charge is -2.14. The lowest BCUT2D eigenvalue weighted by atomic mass is 10.1. The molecule has 9 nitrogen and oxygen atoms in total. The minimum Gasteiger partial charge on any atom is -0.497 e. The topological polar surface area (TPSA) is 104 Å². The van der Waals surface area contributed by atoms with Crippen LogP contribution < -0.4 is 14.8 Å². The maximum atomic E-state index is 14.0. The van der Waals surface area contributed by atoms with Crippen molar-refractivity contribution in [3.05, 3.63) is 64.2 Å². The van der Waals surface area contributed by atoms with Gasteiger partial charge in [0.1, 0.15) is 17.1 Å². The fourth-order valence-electron chi connectivity index (χ4n) is 3.60. The number of aryl methyl sites for hydroxylation is 1. The number of methoxy groups -OCH3 is 2. The Bertz CT molecular complexity index is 1450. The molecule has 0 aliphatic heterocycles. The van der Waals surface area contributed by atoms with E-state index in [1.807, 2.05) is 0 Å². The number of nitro groups is 1. The maximum absolute atomic E-state index is 14.0. The van der Waals surface area contributed by atoms with Gasteiger partial charge in [0.2, 0.25) is 11.8 Å². The Morgan fingerprint density at radius 2 is 1.89 bits per heavy atom. The number of halogens is 4. The van der Waals surface area contributed by atoms with E-state index in [1.54, 1.807) is 29.8 Å². The summed E-state index contributed by atoms with van der Waals surface area (Å²) in [5, 5.41) is 14.2. The number of rotatable bonds is 6. The zero-order valence-electron chi connectivity index (χ0n) is 18.5. The first-order chi connectivity index (χ1) is 16.5. The van der Waals surface area contributed by atoms with Crippen LogP contribution in [0.15, 0.2) is 42.7 Å². The van der Waals surface area contributed by atoms with E-state index in [0.717, 1.165) is 12.1 Å². The quantitative estimate of drug-likeness (QED) is 0.217. The number of alkyl halides is 3. The molecule has 4 rings (SSSR count). The summed E-state index contributed by atoms with van der Waals surface area (Å²) in [5.74, 6) is -1.05. The lowest BCUT2D eigenvalue weighted by molar-refractivity contribution is -0.387. The number of hydrogen-bond acceptors (Lipinski definition) is 7. The first-order valence-electron chi connectivity index (χ1n) is 9.90. The molecule has 0 aliphatic carbocycles. The number of ether oxygens (including phenoxy) is 2. The zero-order chi connectivity index (χ0) is 25.5. The molecule has 0 saturated heterocycles. The Morgan fingerprint density at radius 1 is 1.14 bits per heavy atom. The van der Waals surface area contributed by atoms with Gasteiger partial charge in [0.25, 0.3) is 0 Å². The predicted molar refractivity (Wildman–Crippen MR) is 118 cm³/mol. The van der Waals surface area contributed by atoms with Gasteiger partial charge in [-0.2, -0.15) is 17.6 Å². The van der Waals surface area contributed by atoms with E-state index in [1.165, 1.54) is 20.4 Å². The molecule has 2 aromatic carbocycles. The Kier molecular flexibility index (Phi) is 5.92. The van der Waals surface area contributed by atoms with Crippen molar-refractivity contribution in [1.29, 1.82) is 0 Å². The van der Waals surface area contributed by atoms with Crippen molar-refractivity contribution in [3.8, 4) is 22.8 Å². The third kappa shape index (κ3) is 4.39. The number of hydrogen-bond donors (Lipinski definition) is 1. The average molecular weight is 491 g/mol. The van der Waals surface area contributed by atoms with Crippen LogP contribution in [0, 0.1) is 15.9 Å². The van der Waals surface area contributed by atoms with Gasteiger partial charge in [0.05, 0.1) is 36.0 Å². The summed E-state index contributed by atoms with van der Waals surface area (Å²) in [6, 6.07) is 6.53. The van der Waals surface area contributed by atoms with Crippen molar-refractivity contribution in [1.82, 2.24) is 14.5 Å². The van der Waals surface area contributed by atoms with E-state index in [9.17, 15) is 27.7 Å². The normalized spacial score (nSPS) is 11.5. The smallest absolute Gasteiger partial charge is 0.419 e. The summed E-state index contributed by atoms with van der Waals surface area (Å²) >= 11 is 0. The second kappa shape index (κ2) is 8.74. The molecule has 4 aromatic rings. The third-order valence-electron chi connectivity index (χ3n) is 5.26. The number of anilines is 2. The molecule has 35 heavy (non-hydrogen) atoms. The summed E-state index contributed by atoms with van der Waals surface area (Å²) in [5.41, 5.74) is -1.67. The van der Waals surface area contributed by atoms with E-state index in [0.29, 0.717) is 22.8 Å². The largest absolute Gasteiger partial charge is 0.497 e. The molecule has 182 valence electrons. The summed E-state index contributed by atoms with van der Waals surface area (Å²) in [4.78, 5) is 18.0. The molecule has 0 saturated carbocycles. The second-order valence-electron chi connectivity index (χ2n) is 7.38. The molecule has 0 aliphatic rings. The Balaban J connectivity index is 1.88. The van der Waals surface area contributed by atoms with Gasteiger partial charge in [0, 0.05) is 48.6 Å². The van der Waals surface area contributed by atoms with Gasteiger partial charge >= 0.3 is 11.9 Å². The highest BCUT2D eigenvalue weighted by atomic mass is 19.4. The highest BCUT2D eigenvalue weighted by molar-refractivity contribution is 5.96. The maximum Gasteiger partial charge on any atom is 0.419 e. The van der Waals surface area contributed by atoms with Crippen LogP contribution in [0.3, 0.4) is 0 Å². The van der Waals surface area contributed by atoms with Crippen LogP contribution in [-0.2, 0) is 13.2 Å². The second-order valence-corrected chi connectivity index (χ2v) is 7.38. The summed E-state index contributed by atoms with van der Waals surface area (Å²) in [6.07, 6.45) is -2.67. The Labute approximate surface area is 195 Å². The number of aromatic nitrogens is 3. The third-order valence-corrected chi connectivity index (χ3v) is 5.26. The van der Waals surface area contributed by atoms with Crippen LogP contribution in [0.5, 0.6) is 11.5 Å². The van der Waals surface area contributed by atoms with Crippen molar-refractivity contribution >= 4 is 28.2 Å². The number of benzene rings is 2. The fourth-order valence-corrected chi connectivity index (χ4v) is 3.60. The molecule has 0 bridgehead atoms. The number of nitro benzene ring substituents is 1. The number of nitrogens with one attached hydrogen (secondary N) is 1. The lowest BCUT2D eigenvalue weighted by Crippen LogP contribution is -2.11. The van der Waals surface area contributed by atoms with Crippen LogP contribution >= 0.6 is 0 Å². The highest BCUT2D eigenvalue weighted by Gasteiger charge is 2.36. The molecule has 0 amide bonds. The summed E-state index contributed by atoms with van der Waals surface area (Å²) in [7, 11) is 4.35. The van der Waals surface area contributed by atoms with E-state index in [-0.39, 0.29) is 22.9 Å². The molecule has 2 aromatic heterocycles. The minimum absolute atomic E-state index is 0.103. The Morgan fingerprint density at radius 3 is 2.51 bits per heavy atom. The number of nitrogens with zero attached hydrogens (tertiary/aromatic N) is 4. The molecular weight excluding hydrogens is 474 g/mol. The van der Waals surface area contributed by atoms with Gasteiger partial charge in [-0.3, -0.25) is 10.1 Å². The first-order valence-corrected chi connectivity index (χ1v) is 9.90. The van der Waals surface area contributed by atoms with Gasteiger partial charge < -0.3 is 19.4 Å². The van der Waals surface area contributed by atoms with E-state index >= 15 is 0 Å². The predicted octanol–water partition coefficient (Wildman–Crippen LogP) is 5.46. The van der Waals surface area contributed by atoms with E-state index in [2.05, 4.69) is 15.3 Å². The Hall–Kier alpha value is -4.42. The van der Waals surface area contributed by atoms with E-state index in [4.69, 9.17) is 9.47 Å². The van der Waals surface area contributed by atoms with Crippen LogP contribution in [0.25, 0.3) is 22.2 Å². The van der Waals surface area contributed by atoms with Crippen LogP contribution in [0.2, 0.25) is 0 Å². The van der Waals surface area contributed by atoms with Crippen molar-refractivity contribution in [3.63, 3.8) is 0 Å². The summed E-state index contributed by atoms with van der Waals surface area (Å²) in [6.45, 7) is 0. The molecular formula is C22H17F4N5O4. The van der Waals surface area contributed by atoms with E-state index < -0.39 is 33.9 Å². The molecule has 0 atom stereocenters. The number of fused-ring (bicyclic) bond motifs is 1. The van der Waals surface area contributed by atoms with Gasteiger partial charge in [0.15, 0.2) is 0 Å². The van der Waals surface area contributed by atoms with Crippen LogP contribution in [0.1, 0.15) is 5.56 Å². The van der Waals surface area contributed by atoms with Gasteiger partial charge in [-0.25, -0.2) is 9.97 Å². The molecule has 0 radical (unpaired) electrons. The highest BCUT2D eigenvalue weighted by Crippen LogP contribution is 2.40. The van der Waals surface area contributed by atoms with Gasteiger partial charge in [-0.05, 0) is 12.1 Å². The zero-order valence-corrected chi connectivity index (χ0v) is 18.5. The summed E-state index contributed by atoms with van der Waals surface area (Å²) < 4.78 is 67.4. The minimum atomic E-state index is -4.77. The molecule has 0 spiro atoms. The van der Waals surface area contributed by atoms with Crippen molar-refractivity contribution in [2.24, 2.45) is 7.05 Å². The van der Waals surface area contributed by atoms with Crippen LogP contribution in [-0.4, -0.2) is 33.7 Å². The molecule has 0 unspecified atom stereocenters. The van der Waals surface area contributed by atoms with Crippen molar-refractivity contribution < 1.29 is 32.0 Å².